The van der Waals surface area contributed by atoms with E-state index in [9.17, 15) is 14.4 Å². The van der Waals surface area contributed by atoms with E-state index >= 15 is 0 Å². The standard InChI is InChI=1S/C23H25N3O5/c1-15(2)20(26-23(29)30-14-17-8-5-4-6-9-17)22(28)31-16(3)21(27)25-19-11-7-10-18(12-19)13-24/h4-12,15-16,20H,14H2,1-3H3,(H,25,27)(H,26,29)/t16-,20+/m1/s1. The van der Waals surface area contributed by atoms with E-state index in [-0.39, 0.29) is 12.5 Å². The predicted molar refractivity (Wildman–Crippen MR) is 114 cm³/mol. The minimum absolute atomic E-state index is 0.0626. The Balaban J connectivity index is 1.90. The number of ether oxygens (including phenoxy) is 2. The molecule has 0 spiro atoms. The zero-order chi connectivity index (χ0) is 22.8. The molecule has 0 aliphatic heterocycles. The lowest BCUT2D eigenvalue weighted by molar-refractivity contribution is -0.156. The van der Waals surface area contributed by atoms with E-state index in [0.29, 0.717) is 11.3 Å². The van der Waals surface area contributed by atoms with E-state index in [4.69, 9.17) is 14.7 Å². The van der Waals surface area contributed by atoms with Crippen molar-refractivity contribution in [3.63, 3.8) is 0 Å². The molecule has 2 amide bonds. The Morgan fingerprint density at radius 2 is 1.74 bits per heavy atom. The highest BCUT2D eigenvalue weighted by Crippen LogP contribution is 2.12. The van der Waals surface area contributed by atoms with Crippen molar-refractivity contribution in [3.8, 4) is 6.07 Å². The summed E-state index contributed by atoms with van der Waals surface area (Å²) in [6.07, 6.45) is -1.87. The lowest BCUT2D eigenvalue weighted by Crippen LogP contribution is -2.47. The molecule has 0 saturated heterocycles. The third-order valence-electron chi connectivity index (χ3n) is 4.33. The zero-order valence-corrected chi connectivity index (χ0v) is 17.6. The number of nitriles is 1. The molecule has 2 aromatic carbocycles. The molecule has 2 rings (SSSR count). The van der Waals surface area contributed by atoms with Crippen molar-refractivity contribution in [2.24, 2.45) is 5.92 Å². The number of nitrogens with one attached hydrogen (secondary N) is 2. The fraction of sp³-hybridized carbons (Fsp3) is 0.304. The van der Waals surface area contributed by atoms with Crippen molar-refractivity contribution < 1.29 is 23.9 Å². The Kier molecular flexibility index (Phi) is 8.58. The summed E-state index contributed by atoms with van der Waals surface area (Å²) in [7, 11) is 0. The van der Waals surface area contributed by atoms with Crippen molar-refractivity contribution in [3.05, 3.63) is 65.7 Å². The first kappa shape index (κ1) is 23.4. The first-order chi connectivity index (χ1) is 14.8. The Morgan fingerprint density at radius 3 is 2.39 bits per heavy atom. The summed E-state index contributed by atoms with van der Waals surface area (Å²) in [6.45, 7) is 4.96. The lowest BCUT2D eigenvalue weighted by atomic mass is 10.1. The first-order valence-corrected chi connectivity index (χ1v) is 9.79. The van der Waals surface area contributed by atoms with E-state index in [1.165, 1.54) is 13.0 Å². The van der Waals surface area contributed by atoms with Crippen LogP contribution in [0.2, 0.25) is 0 Å². The number of carbonyl (C=O) groups is 3. The summed E-state index contributed by atoms with van der Waals surface area (Å²) in [5, 5.41) is 14.0. The number of hydrogen-bond donors (Lipinski definition) is 2. The van der Waals surface area contributed by atoms with Gasteiger partial charge < -0.3 is 20.1 Å². The molecule has 0 aromatic heterocycles. The van der Waals surface area contributed by atoms with E-state index in [0.717, 1.165) is 5.56 Å². The molecule has 0 aliphatic carbocycles. The molecule has 0 bridgehead atoms. The van der Waals surface area contributed by atoms with Gasteiger partial charge in [-0.05, 0) is 36.6 Å². The normalized spacial score (nSPS) is 12.2. The highest BCUT2D eigenvalue weighted by atomic mass is 16.6. The van der Waals surface area contributed by atoms with Gasteiger partial charge in [0.05, 0.1) is 11.6 Å². The number of nitrogens with zero attached hydrogens (tertiary/aromatic N) is 1. The van der Waals surface area contributed by atoms with Crippen molar-refractivity contribution in [2.45, 2.75) is 39.5 Å². The van der Waals surface area contributed by atoms with Gasteiger partial charge in [-0.2, -0.15) is 5.26 Å². The molecule has 0 radical (unpaired) electrons. The van der Waals surface area contributed by atoms with Gasteiger partial charge in [-0.25, -0.2) is 9.59 Å². The van der Waals surface area contributed by atoms with Gasteiger partial charge in [-0.3, -0.25) is 4.79 Å². The van der Waals surface area contributed by atoms with Crippen LogP contribution in [0, 0.1) is 17.2 Å². The van der Waals surface area contributed by atoms with Crippen LogP contribution in [0.1, 0.15) is 31.9 Å². The number of rotatable bonds is 8. The summed E-state index contributed by atoms with van der Waals surface area (Å²) in [5.74, 6) is -1.60. The molecular formula is C23H25N3O5. The number of esters is 1. The molecule has 2 aromatic rings. The fourth-order valence-electron chi connectivity index (χ4n) is 2.60. The average Bonchev–Trinajstić information content (AvgIpc) is 2.76. The van der Waals surface area contributed by atoms with Gasteiger partial charge in [-0.15, -0.1) is 0 Å². The summed E-state index contributed by atoms with van der Waals surface area (Å²) < 4.78 is 10.4. The minimum atomic E-state index is -1.11. The van der Waals surface area contributed by atoms with Crippen molar-refractivity contribution in [2.75, 3.05) is 5.32 Å². The number of carbonyl (C=O) groups excluding carboxylic acids is 3. The van der Waals surface area contributed by atoms with Crippen molar-refractivity contribution in [1.29, 1.82) is 5.26 Å². The molecule has 8 heteroatoms. The van der Waals surface area contributed by atoms with Crippen LogP contribution < -0.4 is 10.6 Å². The Hall–Kier alpha value is -3.86. The van der Waals surface area contributed by atoms with Gasteiger partial charge in [0.25, 0.3) is 5.91 Å². The van der Waals surface area contributed by atoms with Gasteiger partial charge >= 0.3 is 12.1 Å². The van der Waals surface area contributed by atoms with Crippen molar-refractivity contribution >= 4 is 23.7 Å². The molecule has 162 valence electrons. The van der Waals surface area contributed by atoms with Crippen LogP contribution in [-0.2, 0) is 25.7 Å². The number of hydrogen-bond acceptors (Lipinski definition) is 6. The third-order valence-corrected chi connectivity index (χ3v) is 4.33. The molecule has 2 atom stereocenters. The molecule has 0 saturated carbocycles. The van der Waals surface area contributed by atoms with Gasteiger partial charge in [0.15, 0.2) is 6.10 Å². The molecule has 2 N–H and O–H groups in total. The van der Waals surface area contributed by atoms with E-state index < -0.39 is 30.1 Å². The lowest BCUT2D eigenvalue weighted by Gasteiger charge is -2.22. The molecular weight excluding hydrogens is 398 g/mol. The van der Waals surface area contributed by atoms with Crippen LogP contribution in [0.4, 0.5) is 10.5 Å². The smallest absolute Gasteiger partial charge is 0.408 e. The Labute approximate surface area is 181 Å². The maximum absolute atomic E-state index is 12.5. The highest BCUT2D eigenvalue weighted by molar-refractivity contribution is 5.95. The molecule has 0 fully saturated rings. The summed E-state index contributed by atoms with van der Waals surface area (Å²) in [6, 6.07) is 16.5. The second-order valence-corrected chi connectivity index (χ2v) is 7.19. The second-order valence-electron chi connectivity index (χ2n) is 7.19. The van der Waals surface area contributed by atoms with Crippen LogP contribution in [0.15, 0.2) is 54.6 Å². The Bertz CT molecular complexity index is 953. The van der Waals surface area contributed by atoms with Crippen LogP contribution in [-0.4, -0.2) is 30.1 Å². The third kappa shape index (κ3) is 7.48. The summed E-state index contributed by atoms with van der Waals surface area (Å²) >= 11 is 0. The molecule has 31 heavy (non-hydrogen) atoms. The summed E-state index contributed by atoms with van der Waals surface area (Å²) in [5.41, 5.74) is 1.61. The molecule has 0 heterocycles. The predicted octanol–water partition coefficient (Wildman–Crippen LogP) is 3.38. The SMILES string of the molecule is CC(C)[C@H](NC(=O)OCc1ccccc1)C(=O)O[C@H](C)C(=O)Nc1cccc(C#N)c1. The topological polar surface area (TPSA) is 118 Å². The van der Waals surface area contributed by atoms with Crippen LogP contribution in [0.25, 0.3) is 0 Å². The Morgan fingerprint density at radius 1 is 1.03 bits per heavy atom. The van der Waals surface area contributed by atoms with E-state index in [1.54, 1.807) is 32.0 Å². The quantitative estimate of drug-likeness (QED) is 0.629. The van der Waals surface area contributed by atoms with Crippen molar-refractivity contribution in [1.82, 2.24) is 5.32 Å². The van der Waals surface area contributed by atoms with Gasteiger partial charge in [0, 0.05) is 5.69 Å². The van der Waals surface area contributed by atoms with Gasteiger partial charge in [-0.1, -0.05) is 50.2 Å². The number of anilines is 1. The number of benzene rings is 2. The summed E-state index contributed by atoms with van der Waals surface area (Å²) in [4.78, 5) is 37.0. The maximum Gasteiger partial charge on any atom is 0.408 e. The minimum Gasteiger partial charge on any atom is -0.451 e. The largest absolute Gasteiger partial charge is 0.451 e. The van der Waals surface area contributed by atoms with E-state index in [2.05, 4.69) is 10.6 Å². The number of alkyl carbamates (subject to hydrolysis) is 1. The van der Waals surface area contributed by atoms with Gasteiger partial charge in [0.2, 0.25) is 0 Å². The average molecular weight is 423 g/mol. The fourth-order valence-corrected chi connectivity index (χ4v) is 2.60. The molecule has 0 aliphatic rings. The van der Waals surface area contributed by atoms with E-state index in [1.807, 2.05) is 36.4 Å². The number of amides is 2. The first-order valence-electron chi connectivity index (χ1n) is 9.79. The molecule has 0 unspecified atom stereocenters. The van der Waals surface area contributed by atoms with Crippen LogP contribution >= 0.6 is 0 Å². The highest BCUT2D eigenvalue weighted by Gasteiger charge is 2.29. The monoisotopic (exact) mass is 423 g/mol. The maximum atomic E-state index is 12.5. The van der Waals surface area contributed by atoms with Crippen LogP contribution in [0.3, 0.4) is 0 Å². The van der Waals surface area contributed by atoms with Gasteiger partial charge in [0.1, 0.15) is 12.6 Å². The molecule has 8 nitrogen and oxygen atoms in total. The van der Waals surface area contributed by atoms with Crippen LogP contribution in [0.5, 0.6) is 0 Å². The zero-order valence-electron chi connectivity index (χ0n) is 17.6. The second kappa shape index (κ2) is 11.4.